The summed E-state index contributed by atoms with van der Waals surface area (Å²) in [5.41, 5.74) is 7.30. The van der Waals surface area contributed by atoms with Crippen molar-refractivity contribution in [3.05, 3.63) is 29.8 Å². The van der Waals surface area contributed by atoms with Crippen molar-refractivity contribution in [2.75, 3.05) is 0 Å². The molecule has 0 saturated heterocycles. The van der Waals surface area contributed by atoms with E-state index in [0.717, 1.165) is 24.5 Å². The zero-order valence-corrected chi connectivity index (χ0v) is 13.0. The van der Waals surface area contributed by atoms with E-state index in [0.29, 0.717) is 6.10 Å². The molecule has 0 aromatic heterocycles. The predicted molar refractivity (Wildman–Crippen MR) is 85.1 cm³/mol. The summed E-state index contributed by atoms with van der Waals surface area (Å²) < 4.78 is 6.14. The number of rotatable bonds is 6. The molecule has 1 aliphatic rings. The molecule has 1 saturated carbocycles. The number of nitrogens with two attached hydrogens (primary N) is 1. The molecule has 1 aromatic rings. The van der Waals surface area contributed by atoms with Crippen molar-refractivity contribution in [3.8, 4) is 5.75 Å². The van der Waals surface area contributed by atoms with E-state index in [1.807, 2.05) is 0 Å². The highest BCUT2D eigenvalue weighted by molar-refractivity contribution is 5.28. The molecular weight excluding hydrogens is 246 g/mol. The van der Waals surface area contributed by atoms with E-state index in [-0.39, 0.29) is 6.04 Å². The molecule has 0 spiro atoms. The third kappa shape index (κ3) is 4.52. The molecule has 112 valence electrons. The first kappa shape index (κ1) is 15.4. The molecule has 0 aliphatic heterocycles. The molecule has 2 nitrogen and oxygen atoms in total. The molecule has 3 atom stereocenters. The quantitative estimate of drug-likeness (QED) is 0.839. The van der Waals surface area contributed by atoms with Gasteiger partial charge in [0.25, 0.3) is 0 Å². The van der Waals surface area contributed by atoms with Crippen LogP contribution >= 0.6 is 0 Å². The molecule has 2 N–H and O–H groups in total. The van der Waals surface area contributed by atoms with Gasteiger partial charge in [0.1, 0.15) is 5.75 Å². The van der Waals surface area contributed by atoms with Gasteiger partial charge in [-0.05, 0) is 55.7 Å². The third-order valence-electron chi connectivity index (χ3n) is 4.56. The van der Waals surface area contributed by atoms with Crippen molar-refractivity contribution in [1.29, 1.82) is 0 Å². The Hall–Kier alpha value is -1.02. The highest BCUT2D eigenvalue weighted by Crippen LogP contribution is 2.29. The zero-order valence-electron chi connectivity index (χ0n) is 13.0. The Morgan fingerprint density at radius 2 is 1.95 bits per heavy atom. The maximum Gasteiger partial charge on any atom is 0.119 e. The van der Waals surface area contributed by atoms with Crippen LogP contribution < -0.4 is 10.5 Å². The lowest BCUT2D eigenvalue weighted by molar-refractivity contribution is 0.122. The number of hydrogen-bond donors (Lipinski definition) is 1. The lowest BCUT2D eigenvalue weighted by atomic mass is 9.85. The van der Waals surface area contributed by atoms with Gasteiger partial charge in [-0.1, -0.05) is 38.8 Å². The number of hydrogen-bond acceptors (Lipinski definition) is 2. The summed E-state index contributed by atoms with van der Waals surface area (Å²) in [7, 11) is 0. The Morgan fingerprint density at radius 3 is 2.60 bits per heavy atom. The number of ether oxygens (including phenoxy) is 1. The van der Waals surface area contributed by atoms with E-state index in [4.69, 9.17) is 10.5 Å². The van der Waals surface area contributed by atoms with Crippen molar-refractivity contribution in [2.24, 2.45) is 11.7 Å². The van der Waals surface area contributed by atoms with E-state index in [1.165, 1.54) is 37.7 Å². The lowest BCUT2D eigenvalue weighted by Crippen LogP contribution is -2.25. The normalized spacial score (nSPS) is 24.4. The first-order valence-electron chi connectivity index (χ1n) is 8.22. The first-order valence-corrected chi connectivity index (χ1v) is 8.22. The van der Waals surface area contributed by atoms with Gasteiger partial charge in [0, 0.05) is 6.04 Å². The topological polar surface area (TPSA) is 35.2 Å². The first-order chi connectivity index (χ1) is 9.71. The van der Waals surface area contributed by atoms with Gasteiger partial charge in [-0.3, -0.25) is 0 Å². The fourth-order valence-electron chi connectivity index (χ4n) is 3.06. The predicted octanol–water partition coefficient (Wildman–Crippen LogP) is 4.31. The molecule has 0 radical (unpaired) electrons. The SMILES string of the molecule is CCC(N)Cc1ccc(OC2CCCC(CC)C2)cc1. The van der Waals surface area contributed by atoms with Crippen LogP contribution in [-0.2, 0) is 6.42 Å². The van der Waals surface area contributed by atoms with E-state index < -0.39 is 0 Å². The van der Waals surface area contributed by atoms with Gasteiger partial charge in [-0.25, -0.2) is 0 Å². The van der Waals surface area contributed by atoms with E-state index >= 15 is 0 Å². The second kappa shape index (κ2) is 7.68. The third-order valence-corrected chi connectivity index (χ3v) is 4.56. The van der Waals surface area contributed by atoms with Crippen molar-refractivity contribution >= 4 is 0 Å². The van der Waals surface area contributed by atoms with Gasteiger partial charge in [-0.2, -0.15) is 0 Å². The molecule has 1 aromatic carbocycles. The van der Waals surface area contributed by atoms with Crippen molar-refractivity contribution < 1.29 is 4.74 Å². The van der Waals surface area contributed by atoms with Crippen molar-refractivity contribution in [2.45, 2.75) is 70.9 Å². The van der Waals surface area contributed by atoms with Crippen LogP contribution in [-0.4, -0.2) is 12.1 Å². The fourth-order valence-corrected chi connectivity index (χ4v) is 3.06. The van der Waals surface area contributed by atoms with Crippen LogP contribution in [0.25, 0.3) is 0 Å². The van der Waals surface area contributed by atoms with Crippen LogP contribution in [0.3, 0.4) is 0 Å². The maximum atomic E-state index is 6.14. The Bertz CT molecular complexity index is 387. The summed E-state index contributed by atoms with van der Waals surface area (Å²) in [5.74, 6) is 1.87. The average molecular weight is 275 g/mol. The monoisotopic (exact) mass is 275 g/mol. The van der Waals surface area contributed by atoms with Gasteiger partial charge in [-0.15, -0.1) is 0 Å². The maximum absolute atomic E-state index is 6.14. The summed E-state index contributed by atoms with van der Waals surface area (Å²) in [5, 5.41) is 0. The molecular formula is C18H29NO. The van der Waals surface area contributed by atoms with Gasteiger partial charge >= 0.3 is 0 Å². The van der Waals surface area contributed by atoms with E-state index in [9.17, 15) is 0 Å². The minimum absolute atomic E-state index is 0.269. The highest BCUT2D eigenvalue weighted by Gasteiger charge is 2.21. The summed E-state index contributed by atoms with van der Waals surface area (Å²) in [6, 6.07) is 8.79. The van der Waals surface area contributed by atoms with Crippen LogP contribution in [0.5, 0.6) is 5.75 Å². The summed E-state index contributed by atoms with van der Waals surface area (Å²) >= 11 is 0. The van der Waals surface area contributed by atoms with E-state index in [1.54, 1.807) is 0 Å². The molecule has 0 amide bonds. The molecule has 0 bridgehead atoms. The molecule has 20 heavy (non-hydrogen) atoms. The molecule has 1 aliphatic carbocycles. The Balaban J connectivity index is 1.87. The molecule has 0 heterocycles. The van der Waals surface area contributed by atoms with E-state index in [2.05, 4.69) is 38.1 Å². The van der Waals surface area contributed by atoms with Crippen LogP contribution in [0.4, 0.5) is 0 Å². The lowest BCUT2D eigenvalue weighted by Gasteiger charge is -2.29. The van der Waals surface area contributed by atoms with Crippen LogP contribution in [0, 0.1) is 5.92 Å². The second-order valence-corrected chi connectivity index (χ2v) is 6.20. The van der Waals surface area contributed by atoms with Gasteiger partial charge in [0.15, 0.2) is 0 Å². The second-order valence-electron chi connectivity index (χ2n) is 6.20. The van der Waals surface area contributed by atoms with Crippen LogP contribution in [0.1, 0.15) is 57.9 Å². The molecule has 1 fully saturated rings. The number of benzene rings is 1. The smallest absolute Gasteiger partial charge is 0.119 e. The van der Waals surface area contributed by atoms with Crippen molar-refractivity contribution in [3.63, 3.8) is 0 Å². The highest BCUT2D eigenvalue weighted by atomic mass is 16.5. The van der Waals surface area contributed by atoms with Gasteiger partial charge < -0.3 is 10.5 Å². The van der Waals surface area contributed by atoms with Crippen molar-refractivity contribution in [1.82, 2.24) is 0 Å². The summed E-state index contributed by atoms with van der Waals surface area (Å²) in [6.07, 6.45) is 8.80. The summed E-state index contributed by atoms with van der Waals surface area (Å²) in [6.45, 7) is 4.42. The molecule has 3 unspecified atom stereocenters. The Labute approximate surface area is 123 Å². The van der Waals surface area contributed by atoms with Gasteiger partial charge in [0.2, 0.25) is 0 Å². The minimum atomic E-state index is 0.269. The zero-order chi connectivity index (χ0) is 14.4. The molecule has 2 heteroatoms. The minimum Gasteiger partial charge on any atom is -0.490 e. The average Bonchev–Trinajstić information content (AvgIpc) is 2.49. The van der Waals surface area contributed by atoms with Crippen LogP contribution in [0.15, 0.2) is 24.3 Å². The largest absolute Gasteiger partial charge is 0.490 e. The van der Waals surface area contributed by atoms with Gasteiger partial charge in [0.05, 0.1) is 6.10 Å². The van der Waals surface area contributed by atoms with Crippen LogP contribution in [0.2, 0.25) is 0 Å². The Kier molecular flexibility index (Phi) is 5.90. The Morgan fingerprint density at radius 1 is 1.20 bits per heavy atom. The summed E-state index contributed by atoms with van der Waals surface area (Å²) in [4.78, 5) is 0. The fraction of sp³-hybridized carbons (Fsp3) is 0.667. The standard InChI is InChI=1S/C18H29NO/c1-3-14-6-5-7-18(13-14)20-17-10-8-15(9-11-17)12-16(19)4-2/h8-11,14,16,18H,3-7,12-13,19H2,1-2H3. The molecule has 2 rings (SSSR count).